The molecule has 0 aliphatic heterocycles. The standard InChI is InChI=1S/C12H15NO3/c1-15-11-5-4-8-6-10(12(14)16-13)3-2-9(8)7-11/h4-5,7,10H,2-3,6,13H2,1H3/t10-/m1/s1. The Labute approximate surface area is 94.3 Å². The Hall–Kier alpha value is -1.55. The fourth-order valence-corrected chi connectivity index (χ4v) is 2.16. The van der Waals surface area contributed by atoms with Gasteiger partial charge in [0, 0.05) is 0 Å². The summed E-state index contributed by atoms with van der Waals surface area (Å²) >= 11 is 0. The second-order valence-electron chi connectivity index (χ2n) is 4.01. The van der Waals surface area contributed by atoms with Crippen LogP contribution < -0.4 is 10.6 Å². The Morgan fingerprint density at radius 1 is 1.44 bits per heavy atom. The van der Waals surface area contributed by atoms with Crippen LogP contribution in [0.3, 0.4) is 0 Å². The van der Waals surface area contributed by atoms with E-state index in [0.29, 0.717) is 6.42 Å². The Kier molecular flexibility index (Phi) is 3.10. The minimum atomic E-state index is -0.318. The molecule has 2 rings (SSSR count). The van der Waals surface area contributed by atoms with Crippen LogP contribution in [0.4, 0.5) is 0 Å². The summed E-state index contributed by atoms with van der Waals surface area (Å²) < 4.78 is 5.16. The summed E-state index contributed by atoms with van der Waals surface area (Å²) in [4.78, 5) is 15.6. The zero-order valence-corrected chi connectivity index (χ0v) is 9.23. The van der Waals surface area contributed by atoms with Crippen molar-refractivity contribution in [2.75, 3.05) is 7.11 Å². The zero-order chi connectivity index (χ0) is 11.5. The van der Waals surface area contributed by atoms with Gasteiger partial charge in [0.2, 0.25) is 0 Å². The zero-order valence-electron chi connectivity index (χ0n) is 9.23. The fourth-order valence-electron chi connectivity index (χ4n) is 2.16. The molecule has 2 N–H and O–H groups in total. The molecule has 0 heterocycles. The maximum Gasteiger partial charge on any atom is 0.327 e. The third-order valence-electron chi connectivity index (χ3n) is 3.09. The molecule has 0 fully saturated rings. The van der Waals surface area contributed by atoms with Gasteiger partial charge in [0.1, 0.15) is 5.75 Å². The van der Waals surface area contributed by atoms with Gasteiger partial charge in [-0.05, 0) is 42.5 Å². The first-order chi connectivity index (χ1) is 7.74. The minimum absolute atomic E-state index is 0.106. The molecule has 1 atom stereocenters. The molecule has 16 heavy (non-hydrogen) atoms. The van der Waals surface area contributed by atoms with Crippen molar-refractivity contribution in [1.29, 1.82) is 0 Å². The Bertz CT molecular complexity index is 403. The molecular weight excluding hydrogens is 206 g/mol. The van der Waals surface area contributed by atoms with Gasteiger partial charge in [0.25, 0.3) is 0 Å². The second kappa shape index (κ2) is 4.53. The highest BCUT2D eigenvalue weighted by molar-refractivity contribution is 5.73. The van der Waals surface area contributed by atoms with Crippen molar-refractivity contribution in [3.05, 3.63) is 29.3 Å². The number of hydrogen-bond donors (Lipinski definition) is 1. The van der Waals surface area contributed by atoms with Gasteiger partial charge in [-0.2, -0.15) is 5.90 Å². The van der Waals surface area contributed by atoms with E-state index in [2.05, 4.69) is 4.84 Å². The van der Waals surface area contributed by atoms with Gasteiger partial charge in [-0.3, -0.25) is 4.79 Å². The van der Waals surface area contributed by atoms with E-state index in [9.17, 15) is 4.79 Å². The highest BCUT2D eigenvalue weighted by Crippen LogP contribution is 2.28. The molecule has 0 saturated heterocycles. The number of ether oxygens (including phenoxy) is 1. The molecule has 0 aromatic heterocycles. The van der Waals surface area contributed by atoms with Crippen LogP contribution in [0.1, 0.15) is 17.5 Å². The van der Waals surface area contributed by atoms with Crippen LogP contribution in [0.5, 0.6) is 5.75 Å². The number of benzene rings is 1. The quantitative estimate of drug-likeness (QED) is 0.763. The molecule has 0 amide bonds. The lowest BCUT2D eigenvalue weighted by Crippen LogP contribution is -2.26. The lowest BCUT2D eigenvalue weighted by molar-refractivity contribution is -0.149. The predicted molar refractivity (Wildman–Crippen MR) is 58.8 cm³/mol. The first-order valence-corrected chi connectivity index (χ1v) is 5.31. The highest BCUT2D eigenvalue weighted by Gasteiger charge is 2.25. The van der Waals surface area contributed by atoms with E-state index in [1.807, 2.05) is 18.2 Å². The number of carbonyl (C=O) groups is 1. The summed E-state index contributed by atoms with van der Waals surface area (Å²) in [5, 5.41) is 0. The maximum atomic E-state index is 11.3. The molecule has 0 saturated carbocycles. The smallest absolute Gasteiger partial charge is 0.327 e. The first kappa shape index (κ1) is 11.0. The summed E-state index contributed by atoms with van der Waals surface area (Å²) in [6.07, 6.45) is 2.36. The predicted octanol–water partition coefficient (Wildman–Crippen LogP) is 1.22. The Morgan fingerprint density at radius 2 is 2.25 bits per heavy atom. The molecule has 1 aliphatic rings. The van der Waals surface area contributed by atoms with Crippen molar-refractivity contribution in [3.63, 3.8) is 0 Å². The third kappa shape index (κ3) is 2.02. The van der Waals surface area contributed by atoms with Gasteiger partial charge in [0.15, 0.2) is 0 Å². The molecule has 4 heteroatoms. The van der Waals surface area contributed by atoms with Crippen LogP contribution in [-0.4, -0.2) is 13.1 Å². The highest BCUT2D eigenvalue weighted by atomic mass is 16.7. The average Bonchev–Trinajstić information content (AvgIpc) is 2.36. The summed E-state index contributed by atoms with van der Waals surface area (Å²) in [6, 6.07) is 5.94. The van der Waals surface area contributed by atoms with Crippen LogP contribution in [0.15, 0.2) is 18.2 Å². The second-order valence-corrected chi connectivity index (χ2v) is 4.01. The van der Waals surface area contributed by atoms with E-state index in [-0.39, 0.29) is 11.9 Å². The van der Waals surface area contributed by atoms with E-state index in [1.54, 1.807) is 7.11 Å². The molecule has 0 radical (unpaired) electrons. The van der Waals surface area contributed by atoms with Gasteiger partial charge < -0.3 is 9.57 Å². The van der Waals surface area contributed by atoms with Crippen molar-refractivity contribution in [1.82, 2.24) is 0 Å². The molecule has 0 bridgehead atoms. The largest absolute Gasteiger partial charge is 0.497 e. The minimum Gasteiger partial charge on any atom is -0.497 e. The topological polar surface area (TPSA) is 61.5 Å². The van der Waals surface area contributed by atoms with Crippen LogP contribution in [-0.2, 0) is 22.5 Å². The van der Waals surface area contributed by atoms with Gasteiger partial charge in [0.05, 0.1) is 13.0 Å². The first-order valence-electron chi connectivity index (χ1n) is 5.31. The van der Waals surface area contributed by atoms with E-state index >= 15 is 0 Å². The molecule has 1 aromatic rings. The number of aryl methyl sites for hydroxylation is 1. The number of carbonyl (C=O) groups excluding carboxylic acids is 1. The summed E-state index contributed by atoms with van der Waals surface area (Å²) in [5.74, 6) is 5.34. The maximum absolute atomic E-state index is 11.3. The van der Waals surface area contributed by atoms with Crippen molar-refractivity contribution >= 4 is 5.97 Å². The number of methoxy groups -OCH3 is 1. The van der Waals surface area contributed by atoms with Gasteiger partial charge >= 0.3 is 5.97 Å². The van der Waals surface area contributed by atoms with Crippen molar-refractivity contribution in [3.8, 4) is 5.75 Å². The molecule has 1 aromatic carbocycles. The number of nitrogens with two attached hydrogens (primary N) is 1. The summed E-state index contributed by atoms with van der Waals surface area (Å²) in [6.45, 7) is 0. The van der Waals surface area contributed by atoms with Crippen molar-refractivity contribution < 1.29 is 14.4 Å². The molecule has 0 spiro atoms. The van der Waals surface area contributed by atoms with Gasteiger partial charge in [-0.25, -0.2) is 0 Å². The molecular formula is C12H15NO3. The Balaban J connectivity index is 2.18. The van der Waals surface area contributed by atoms with E-state index in [0.717, 1.165) is 18.6 Å². The normalized spacial score (nSPS) is 18.8. The lowest BCUT2D eigenvalue weighted by atomic mass is 9.84. The van der Waals surface area contributed by atoms with Crippen LogP contribution in [0, 0.1) is 5.92 Å². The van der Waals surface area contributed by atoms with E-state index < -0.39 is 0 Å². The van der Waals surface area contributed by atoms with Gasteiger partial charge in [-0.15, -0.1) is 0 Å². The summed E-state index contributed by atoms with van der Waals surface area (Å²) in [7, 11) is 1.65. The monoisotopic (exact) mass is 221 g/mol. The Morgan fingerprint density at radius 3 is 2.94 bits per heavy atom. The number of fused-ring (bicyclic) bond motifs is 1. The SMILES string of the molecule is COc1ccc2c(c1)CC[C@@H](C(=O)ON)C2. The van der Waals surface area contributed by atoms with Crippen molar-refractivity contribution in [2.24, 2.45) is 11.8 Å². The number of hydrogen-bond acceptors (Lipinski definition) is 4. The van der Waals surface area contributed by atoms with Crippen LogP contribution in [0.2, 0.25) is 0 Å². The van der Waals surface area contributed by atoms with E-state index in [1.165, 1.54) is 11.1 Å². The average molecular weight is 221 g/mol. The van der Waals surface area contributed by atoms with E-state index in [4.69, 9.17) is 10.6 Å². The van der Waals surface area contributed by atoms with Crippen molar-refractivity contribution in [2.45, 2.75) is 19.3 Å². The lowest BCUT2D eigenvalue weighted by Gasteiger charge is -2.22. The molecule has 1 aliphatic carbocycles. The number of rotatable bonds is 2. The van der Waals surface area contributed by atoms with Crippen LogP contribution in [0.25, 0.3) is 0 Å². The molecule has 4 nitrogen and oxygen atoms in total. The van der Waals surface area contributed by atoms with Gasteiger partial charge in [-0.1, -0.05) is 6.07 Å². The molecule has 0 unspecified atom stereocenters. The summed E-state index contributed by atoms with van der Waals surface area (Å²) in [5.41, 5.74) is 2.43. The molecule has 86 valence electrons. The van der Waals surface area contributed by atoms with Crippen LogP contribution >= 0.6 is 0 Å². The third-order valence-corrected chi connectivity index (χ3v) is 3.09. The fraction of sp³-hybridized carbons (Fsp3) is 0.417.